The fourth-order valence-corrected chi connectivity index (χ4v) is 8.13. The average Bonchev–Trinajstić information content (AvgIpc) is 3.59. The van der Waals surface area contributed by atoms with Crippen LogP contribution in [0.5, 0.6) is 0 Å². The number of nitrogens with zero attached hydrogens (tertiary/aromatic N) is 1. The van der Waals surface area contributed by atoms with Crippen LogP contribution in [0.1, 0.15) is 22.8 Å². The number of rotatable bonds is 5. The van der Waals surface area contributed by atoms with Crippen molar-refractivity contribution in [2.24, 2.45) is 5.92 Å². The Balaban J connectivity index is 1.13. The lowest BCUT2D eigenvalue weighted by Gasteiger charge is -2.30. The summed E-state index contributed by atoms with van der Waals surface area (Å²) in [5, 5.41) is 6.10. The third-order valence-corrected chi connectivity index (χ3v) is 10.4. The molecule has 0 bridgehead atoms. The van der Waals surface area contributed by atoms with Gasteiger partial charge in [0.1, 0.15) is 11.3 Å². The molecule has 7 aromatic carbocycles. The second-order valence-corrected chi connectivity index (χ2v) is 13.2. The Morgan fingerprint density at radius 3 is 2.02 bits per heavy atom. The highest BCUT2D eigenvalue weighted by atomic mass is 16.3. The van der Waals surface area contributed by atoms with Crippen LogP contribution in [0.3, 0.4) is 0 Å². The molecular weight excluding hydrogens is 607 g/mol. The molecule has 50 heavy (non-hydrogen) atoms. The van der Waals surface area contributed by atoms with E-state index in [0.717, 1.165) is 34.0 Å². The zero-order valence-corrected chi connectivity index (χ0v) is 27.4. The highest BCUT2D eigenvalue weighted by Gasteiger charge is 2.34. The Morgan fingerprint density at radius 2 is 1.16 bits per heavy atom. The molecule has 2 heteroatoms. The van der Waals surface area contributed by atoms with E-state index in [0.29, 0.717) is 0 Å². The summed E-state index contributed by atoms with van der Waals surface area (Å²) in [7, 11) is 0. The Bertz CT molecular complexity index is 2650. The Hall–Kier alpha value is -6.38. The van der Waals surface area contributed by atoms with Crippen molar-refractivity contribution < 1.29 is 4.42 Å². The van der Waals surface area contributed by atoms with Crippen molar-refractivity contribution >= 4 is 55.1 Å². The summed E-state index contributed by atoms with van der Waals surface area (Å²) in [5.41, 5.74) is 10.4. The van der Waals surface area contributed by atoms with Gasteiger partial charge in [0.25, 0.3) is 0 Å². The van der Waals surface area contributed by atoms with Crippen LogP contribution in [0, 0.1) is 5.92 Å². The molecule has 2 aliphatic rings. The van der Waals surface area contributed by atoms with Crippen molar-refractivity contribution in [3.05, 3.63) is 205 Å². The van der Waals surface area contributed by atoms with Crippen LogP contribution in [-0.4, -0.2) is 0 Å². The molecule has 2 atom stereocenters. The lowest BCUT2D eigenvalue weighted by Crippen LogP contribution is -2.15. The zero-order chi connectivity index (χ0) is 33.0. The minimum Gasteiger partial charge on any atom is -0.456 e. The van der Waals surface area contributed by atoms with Gasteiger partial charge in [0.05, 0.1) is 5.69 Å². The monoisotopic (exact) mass is 639 g/mol. The molecule has 1 aromatic heterocycles. The standard InChI is InChI=1S/C48H33NO/c1-2-16-35(17-3-1)49(36-27-25-33(26-28-36)38-23-12-15-32-13-4-6-18-37(32)38)45-30-29-41(40-20-8-9-21-42(40)45)44-31-34-14-5-7-19-39(34)47-43-22-10-11-24-46(43)50-48(44)47/h1-31,34,39H. The van der Waals surface area contributed by atoms with Crippen LogP contribution in [0.4, 0.5) is 17.1 Å². The number of anilines is 3. The van der Waals surface area contributed by atoms with Crippen LogP contribution in [0.25, 0.3) is 49.2 Å². The number of fused-ring (bicyclic) bond motifs is 7. The van der Waals surface area contributed by atoms with Gasteiger partial charge in [0.2, 0.25) is 0 Å². The van der Waals surface area contributed by atoms with Gasteiger partial charge in [-0.05, 0) is 69.2 Å². The number of allylic oxidation sites excluding steroid dienone is 5. The van der Waals surface area contributed by atoms with E-state index in [2.05, 4.69) is 193 Å². The smallest absolute Gasteiger partial charge is 0.139 e. The molecule has 0 aliphatic heterocycles. The maximum atomic E-state index is 6.71. The van der Waals surface area contributed by atoms with E-state index < -0.39 is 0 Å². The second-order valence-electron chi connectivity index (χ2n) is 13.2. The summed E-state index contributed by atoms with van der Waals surface area (Å²) in [6.45, 7) is 0. The predicted octanol–water partition coefficient (Wildman–Crippen LogP) is 13.1. The first-order valence-corrected chi connectivity index (χ1v) is 17.4. The fourth-order valence-electron chi connectivity index (χ4n) is 8.13. The summed E-state index contributed by atoms with van der Waals surface area (Å²) in [4.78, 5) is 2.38. The quantitative estimate of drug-likeness (QED) is 0.186. The van der Waals surface area contributed by atoms with Gasteiger partial charge < -0.3 is 9.32 Å². The molecule has 8 aromatic rings. The van der Waals surface area contributed by atoms with Crippen LogP contribution < -0.4 is 4.90 Å². The molecule has 1 heterocycles. The highest BCUT2D eigenvalue weighted by molar-refractivity contribution is 6.07. The van der Waals surface area contributed by atoms with Gasteiger partial charge >= 0.3 is 0 Å². The maximum Gasteiger partial charge on any atom is 0.139 e. The molecule has 0 saturated heterocycles. The van der Waals surface area contributed by atoms with E-state index in [1.54, 1.807) is 0 Å². The summed E-state index contributed by atoms with van der Waals surface area (Å²) in [5.74, 6) is 1.51. The molecule has 2 aliphatic carbocycles. The van der Waals surface area contributed by atoms with Crippen molar-refractivity contribution in [1.29, 1.82) is 0 Å². The molecular formula is C48H33NO. The lowest BCUT2D eigenvalue weighted by molar-refractivity contribution is 0.573. The number of para-hydroxylation sites is 2. The van der Waals surface area contributed by atoms with E-state index >= 15 is 0 Å². The minimum absolute atomic E-state index is 0.262. The molecule has 0 spiro atoms. The first kappa shape index (κ1) is 28.6. The van der Waals surface area contributed by atoms with E-state index in [4.69, 9.17) is 4.42 Å². The van der Waals surface area contributed by atoms with Crippen molar-refractivity contribution in [3.8, 4) is 11.1 Å². The van der Waals surface area contributed by atoms with Crippen molar-refractivity contribution in [3.63, 3.8) is 0 Å². The highest BCUT2D eigenvalue weighted by Crippen LogP contribution is 2.50. The van der Waals surface area contributed by atoms with Gasteiger partial charge in [0, 0.05) is 45.1 Å². The maximum absolute atomic E-state index is 6.71. The number of hydrogen-bond donors (Lipinski definition) is 0. The van der Waals surface area contributed by atoms with Gasteiger partial charge in [-0.2, -0.15) is 0 Å². The average molecular weight is 640 g/mol. The summed E-state index contributed by atoms with van der Waals surface area (Å²) in [6, 6.07) is 56.7. The molecule has 236 valence electrons. The van der Waals surface area contributed by atoms with Crippen molar-refractivity contribution in [2.75, 3.05) is 4.90 Å². The fraction of sp³-hybridized carbons (Fsp3) is 0.0417. The minimum atomic E-state index is 0.262. The van der Waals surface area contributed by atoms with E-state index in [1.165, 1.54) is 49.2 Å². The van der Waals surface area contributed by atoms with E-state index in [9.17, 15) is 0 Å². The third-order valence-electron chi connectivity index (χ3n) is 10.4. The topological polar surface area (TPSA) is 16.4 Å². The second kappa shape index (κ2) is 11.6. The molecule has 10 rings (SSSR count). The molecule has 0 radical (unpaired) electrons. The molecule has 2 nitrogen and oxygen atoms in total. The van der Waals surface area contributed by atoms with Gasteiger partial charge in [-0.25, -0.2) is 0 Å². The summed E-state index contributed by atoms with van der Waals surface area (Å²) in [6.07, 6.45) is 11.4. The van der Waals surface area contributed by atoms with Crippen LogP contribution in [0.2, 0.25) is 0 Å². The summed E-state index contributed by atoms with van der Waals surface area (Å²) < 4.78 is 6.71. The molecule has 0 amide bonds. The third kappa shape index (κ3) is 4.57. The largest absolute Gasteiger partial charge is 0.456 e. The summed E-state index contributed by atoms with van der Waals surface area (Å²) >= 11 is 0. The SMILES string of the molecule is C1=CC2C=C(c3ccc(N(c4ccccc4)c4ccc(-c5cccc6ccccc56)cc4)c4ccccc34)c3oc4ccccc4c3C2C=C1. The van der Waals surface area contributed by atoms with E-state index in [1.807, 2.05) is 0 Å². The Labute approximate surface area is 291 Å². The Morgan fingerprint density at radius 1 is 0.480 bits per heavy atom. The first-order chi connectivity index (χ1) is 24.8. The zero-order valence-electron chi connectivity index (χ0n) is 27.4. The normalized spacial score (nSPS) is 16.4. The van der Waals surface area contributed by atoms with Crippen molar-refractivity contribution in [1.82, 2.24) is 0 Å². The predicted molar refractivity (Wildman–Crippen MR) is 209 cm³/mol. The van der Waals surface area contributed by atoms with E-state index in [-0.39, 0.29) is 11.8 Å². The lowest BCUT2D eigenvalue weighted by atomic mass is 9.74. The number of benzene rings is 7. The number of furan rings is 1. The molecule has 0 N–H and O–H groups in total. The van der Waals surface area contributed by atoms with Gasteiger partial charge in [0.15, 0.2) is 0 Å². The van der Waals surface area contributed by atoms with Gasteiger partial charge in [-0.15, -0.1) is 0 Å². The van der Waals surface area contributed by atoms with Crippen LogP contribution in [0.15, 0.2) is 193 Å². The van der Waals surface area contributed by atoms with Crippen LogP contribution >= 0.6 is 0 Å². The molecule has 0 fully saturated rings. The van der Waals surface area contributed by atoms with Gasteiger partial charge in [-0.3, -0.25) is 0 Å². The molecule has 2 unspecified atom stereocenters. The number of hydrogen-bond acceptors (Lipinski definition) is 2. The molecule has 0 saturated carbocycles. The van der Waals surface area contributed by atoms with Crippen molar-refractivity contribution in [2.45, 2.75) is 5.92 Å². The Kier molecular flexibility index (Phi) is 6.67. The van der Waals surface area contributed by atoms with Gasteiger partial charge in [-0.1, -0.05) is 152 Å². The van der Waals surface area contributed by atoms with Crippen LogP contribution in [-0.2, 0) is 0 Å². The first-order valence-electron chi connectivity index (χ1n) is 17.4.